The van der Waals surface area contributed by atoms with E-state index in [4.69, 9.17) is 15.5 Å². The number of rotatable bonds is 6. The van der Waals surface area contributed by atoms with Crippen LogP contribution in [-0.4, -0.2) is 33.7 Å². The Morgan fingerprint density at radius 2 is 1.95 bits per heavy atom. The molecule has 0 aliphatic carbocycles. The van der Waals surface area contributed by atoms with Gasteiger partial charge in [-0.3, -0.25) is 14.6 Å². The van der Waals surface area contributed by atoms with E-state index in [1.807, 2.05) is 13.8 Å². The molecule has 0 saturated carbocycles. The summed E-state index contributed by atoms with van der Waals surface area (Å²) in [6.45, 7) is 4.98. The van der Waals surface area contributed by atoms with Crippen molar-refractivity contribution in [3.8, 4) is 5.75 Å². The first-order valence-corrected chi connectivity index (χ1v) is 7.71. The lowest BCUT2D eigenvalue weighted by Crippen LogP contribution is -2.31. The summed E-state index contributed by atoms with van der Waals surface area (Å²) in [5.74, 6) is -0.190. The first kappa shape index (κ1) is 16.5. The quantitative estimate of drug-likeness (QED) is 0.536. The first-order valence-electron chi connectivity index (χ1n) is 6.18. The molecule has 0 saturated heterocycles. The van der Waals surface area contributed by atoms with Crippen molar-refractivity contribution in [1.82, 2.24) is 4.90 Å². The number of likely N-dealkylation sites (N-methyl/N-ethyl adjacent to an activating group) is 1. The standard InChI is InChI=1S/C12H19N2O5P/c1-3-14(4-2)12(15)8-9-5-6-10(13)11(7-9)19-20(16,17)18/h5-7H,3-4,8,13H2,1-2H3,(H2,16,17,18). The number of carbonyl (C=O) groups excluding carboxylic acids is 1. The molecule has 8 heteroatoms. The van der Waals surface area contributed by atoms with Crippen LogP contribution in [0.15, 0.2) is 18.2 Å². The van der Waals surface area contributed by atoms with E-state index in [0.717, 1.165) is 0 Å². The lowest BCUT2D eigenvalue weighted by molar-refractivity contribution is -0.130. The van der Waals surface area contributed by atoms with Crippen molar-refractivity contribution in [3.05, 3.63) is 23.8 Å². The Hall–Kier alpha value is -1.56. The maximum absolute atomic E-state index is 12.0. The van der Waals surface area contributed by atoms with E-state index in [2.05, 4.69) is 4.52 Å². The minimum Gasteiger partial charge on any atom is -0.402 e. The summed E-state index contributed by atoms with van der Waals surface area (Å²) in [5, 5.41) is 0. The number of phosphoric ester groups is 1. The van der Waals surface area contributed by atoms with Crippen LogP contribution in [0.1, 0.15) is 19.4 Å². The molecular weight excluding hydrogens is 283 g/mol. The average molecular weight is 302 g/mol. The molecule has 4 N–H and O–H groups in total. The molecule has 1 aromatic rings. The van der Waals surface area contributed by atoms with Crippen molar-refractivity contribution in [2.75, 3.05) is 18.8 Å². The van der Waals surface area contributed by atoms with Crippen molar-refractivity contribution in [3.63, 3.8) is 0 Å². The maximum atomic E-state index is 12.0. The monoisotopic (exact) mass is 302 g/mol. The topological polar surface area (TPSA) is 113 Å². The highest BCUT2D eigenvalue weighted by molar-refractivity contribution is 7.46. The van der Waals surface area contributed by atoms with Crippen LogP contribution >= 0.6 is 7.82 Å². The van der Waals surface area contributed by atoms with Gasteiger partial charge in [-0.25, -0.2) is 4.57 Å². The molecule has 0 aromatic heterocycles. The van der Waals surface area contributed by atoms with Crippen molar-refractivity contribution in [2.24, 2.45) is 0 Å². The lowest BCUT2D eigenvalue weighted by Gasteiger charge is -2.19. The van der Waals surface area contributed by atoms with Gasteiger partial charge < -0.3 is 15.2 Å². The molecule has 1 amide bonds. The summed E-state index contributed by atoms with van der Waals surface area (Å²) < 4.78 is 15.3. The minimum atomic E-state index is -4.67. The van der Waals surface area contributed by atoms with Crippen LogP contribution < -0.4 is 10.3 Å². The van der Waals surface area contributed by atoms with Crippen molar-refractivity contribution in [1.29, 1.82) is 0 Å². The summed E-state index contributed by atoms with van der Waals surface area (Å²) >= 11 is 0. The molecule has 0 radical (unpaired) electrons. The fourth-order valence-electron chi connectivity index (χ4n) is 1.76. The zero-order valence-corrected chi connectivity index (χ0v) is 12.3. The van der Waals surface area contributed by atoms with Gasteiger partial charge in [0, 0.05) is 13.1 Å². The molecule has 0 fully saturated rings. The molecule has 0 spiro atoms. The molecule has 0 aliphatic heterocycles. The van der Waals surface area contributed by atoms with Crippen LogP contribution in [0.25, 0.3) is 0 Å². The van der Waals surface area contributed by atoms with Gasteiger partial charge in [-0.05, 0) is 31.5 Å². The summed E-state index contributed by atoms with van der Waals surface area (Å²) in [4.78, 5) is 31.2. The number of nitrogens with two attached hydrogens (primary N) is 1. The number of hydrogen-bond donors (Lipinski definition) is 3. The number of hydrogen-bond acceptors (Lipinski definition) is 4. The molecule has 20 heavy (non-hydrogen) atoms. The van der Waals surface area contributed by atoms with Gasteiger partial charge >= 0.3 is 7.82 Å². The second kappa shape index (κ2) is 6.74. The number of nitrogen functional groups attached to an aromatic ring is 1. The van der Waals surface area contributed by atoms with Crippen LogP contribution in [0, 0.1) is 0 Å². The van der Waals surface area contributed by atoms with E-state index in [1.54, 1.807) is 11.0 Å². The Balaban J connectivity index is 2.90. The number of carbonyl (C=O) groups is 1. The molecule has 0 unspecified atom stereocenters. The fourth-order valence-corrected chi connectivity index (χ4v) is 2.17. The zero-order chi connectivity index (χ0) is 15.3. The van der Waals surface area contributed by atoms with Gasteiger partial charge in [-0.1, -0.05) is 6.07 Å². The molecule has 0 aliphatic rings. The van der Waals surface area contributed by atoms with E-state index >= 15 is 0 Å². The normalized spacial score (nSPS) is 11.2. The number of nitrogens with zero attached hydrogens (tertiary/aromatic N) is 1. The van der Waals surface area contributed by atoms with E-state index < -0.39 is 7.82 Å². The predicted octanol–water partition coefficient (Wildman–Crippen LogP) is 1.15. The van der Waals surface area contributed by atoms with Crippen molar-refractivity contribution >= 4 is 19.4 Å². The second-order valence-electron chi connectivity index (χ2n) is 4.20. The van der Waals surface area contributed by atoms with Gasteiger partial charge in [0.15, 0.2) is 5.75 Å². The number of phosphoric acid groups is 1. The van der Waals surface area contributed by atoms with Crippen molar-refractivity contribution < 1.29 is 23.7 Å². The van der Waals surface area contributed by atoms with Gasteiger partial charge in [-0.15, -0.1) is 0 Å². The van der Waals surface area contributed by atoms with Crippen molar-refractivity contribution in [2.45, 2.75) is 20.3 Å². The minimum absolute atomic E-state index is 0.0677. The average Bonchev–Trinajstić information content (AvgIpc) is 2.33. The largest absolute Gasteiger partial charge is 0.524 e. The molecular formula is C12H19N2O5P. The highest BCUT2D eigenvalue weighted by Crippen LogP contribution is 2.40. The summed E-state index contributed by atoms with van der Waals surface area (Å²) in [7, 11) is -4.67. The number of anilines is 1. The summed E-state index contributed by atoms with van der Waals surface area (Å²) in [5.41, 5.74) is 6.26. The van der Waals surface area contributed by atoms with Crippen LogP contribution in [-0.2, 0) is 15.8 Å². The Kier molecular flexibility index (Phi) is 5.56. The second-order valence-corrected chi connectivity index (χ2v) is 5.36. The number of benzene rings is 1. The Bertz CT molecular complexity index is 525. The van der Waals surface area contributed by atoms with Crippen LogP contribution in [0.4, 0.5) is 5.69 Å². The Morgan fingerprint density at radius 1 is 1.35 bits per heavy atom. The molecule has 0 bridgehead atoms. The Labute approximate surface area is 117 Å². The van der Waals surface area contributed by atoms with Gasteiger partial charge in [0.1, 0.15) is 0 Å². The highest BCUT2D eigenvalue weighted by Gasteiger charge is 2.19. The predicted molar refractivity (Wildman–Crippen MR) is 75.2 cm³/mol. The third-order valence-electron chi connectivity index (χ3n) is 2.77. The van der Waals surface area contributed by atoms with Gasteiger partial charge in [-0.2, -0.15) is 0 Å². The van der Waals surface area contributed by atoms with Gasteiger partial charge in [0.05, 0.1) is 12.1 Å². The number of amides is 1. The molecule has 112 valence electrons. The van der Waals surface area contributed by atoms with E-state index in [9.17, 15) is 9.36 Å². The lowest BCUT2D eigenvalue weighted by atomic mass is 10.1. The SMILES string of the molecule is CCN(CC)C(=O)Cc1ccc(N)c(OP(=O)(O)O)c1. The summed E-state index contributed by atoms with van der Waals surface area (Å²) in [6, 6.07) is 4.45. The molecule has 1 rings (SSSR count). The smallest absolute Gasteiger partial charge is 0.402 e. The Morgan fingerprint density at radius 3 is 2.45 bits per heavy atom. The zero-order valence-electron chi connectivity index (χ0n) is 11.4. The third kappa shape index (κ3) is 4.85. The van der Waals surface area contributed by atoms with Crippen LogP contribution in [0.2, 0.25) is 0 Å². The van der Waals surface area contributed by atoms with E-state index in [-0.39, 0.29) is 23.8 Å². The van der Waals surface area contributed by atoms with Crippen LogP contribution in [0.5, 0.6) is 5.75 Å². The van der Waals surface area contributed by atoms with Gasteiger partial charge in [0.25, 0.3) is 0 Å². The van der Waals surface area contributed by atoms with E-state index in [0.29, 0.717) is 18.7 Å². The molecule has 7 nitrogen and oxygen atoms in total. The van der Waals surface area contributed by atoms with E-state index in [1.165, 1.54) is 12.1 Å². The first-order chi connectivity index (χ1) is 9.26. The molecule has 0 atom stereocenters. The van der Waals surface area contributed by atoms with Gasteiger partial charge in [0.2, 0.25) is 5.91 Å². The summed E-state index contributed by atoms with van der Waals surface area (Å²) in [6.07, 6.45) is 0.124. The molecule has 0 heterocycles. The maximum Gasteiger partial charge on any atom is 0.524 e. The molecule has 1 aromatic carbocycles. The third-order valence-corrected chi connectivity index (χ3v) is 3.20. The highest BCUT2D eigenvalue weighted by atomic mass is 31.2. The van der Waals surface area contributed by atoms with Crippen LogP contribution in [0.3, 0.4) is 0 Å². The fraction of sp³-hybridized carbons (Fsp3) is 0.417.